The SMILES string of the molecule is CCCC(C)c1nnc(NS(=O)[O-])s1.[Na]. The first kappa shape index (κ1) is 15.5. The van der Waals surface area contributed by atoms with E-state index in [1.54, 1.807) is 0 Å². The van der Waals surface area contributed by atoms with E-state index < -0.39 is 11.3 Å². The van der Waals surface area contributed by atoms with Crippen LogP contribution in [0.4, 0.5) is 5.13 Å². The van der Waals surface area contributed by atoms with Crippen molar-refractivity contribution in [3.8, 4) is 0 Å². The van der Waals surface area contributed by atoms with Crippen molar-refractivity contribution in [1.82, 2.24) is 10.2 Å². The number of nitrogens with one attached hydrogen (secondary N) is 1. The van der Waals surface area contributed by atoms with E-state index in [0.29, 0.717) is 11.0 Å². The van der Waals surface area contributed by atoms with Gasteiger partial charge in [0.2, 0.25) is 5.13 Å². The van der Waals surface area contributed by atoms with Gasteiger partial charge in [0.15, 0.2) is 0 Å². The second kappa shape index (κ2) is 7.70. The number of nitrogens with zero attached hydrogens (tertiary/aromatic N) is 2. The summed E-state index contributed by atoms with van der Waals surface area (Å²) in [6.45, 7) is 4.16. The van der Waals surface area contributed by atoms with Crippen LogP contribution in [0.15, 0.2) is 0 Å². The van der Waals surface area contributed by atoms with E-state index in [1.807, 2.05) is 0 Å². The zero-order valence-electron chi connectivity index (χ0n) is 9.02. The van der Waals surface area contributed by atoms with Crippen LogP contribution in [0.2, 0.25) is 0 Å². The maximum atomic E-state index is 10.3. The first-order valence-corrected chi connectivity index (χ1v) is 6.22. The smallest absolute Gasteiger partial charge is 0.216 e. The predicted molar refractivity (Wildman–Crippen MR) is 61.5 cm³/mol. The molecule has 2 atom stereocenters. The normalized spacial score (nSPS) is 14.1. The van der Waals surface area contributed by atoms with Crippen molar-refractivity contribution in [2.24, 2.45) is 0 Å². The van der Waals surface area contributed by atoms with Gasteiger partial charge in [0.1, 0.15) is 5.01 Å². The third-order valence-corrected chi connectivity index (χ3v) is 3.31. The van der Waals surface area contributed by atoms with Gasteiger partial charge in [0.25, 0.3) is 0 Å². The summed E-state index contributed by atoms with van der Waals surface area (Å²) in [5.74, 6) is 0.341. The van der Waals surface area contributed by atoms with Crippen LogP contribution in [-0.4, -0.2) is 48.5 Å². The molecule has 5 nitrogen and oxygen atoms in total. The zero-order valence-corrected chi connectivity index (χ0v) is 12.7. The van der Waals surface area contributed by atoms with E-state index in [0.717, 1.165) is 17.8 Å². The minimum absolute atomic E-state index is 0. The summed E-state index contributed by atoms with van der Waals surface area (Å²) < 4.78 is 22.8. The van der Waals surface area contributed by atoms with E-state index in [4.69, 9.17) is 0 Å². The molecular weight excluding hydrogens is 245 g/mol. The largest absolute Gasteiger partial charge is 0.755 e. The van der Waals surface area contributed by atoms with Crippen LogP contribution < -0.4 is 4.72 Å². The monoisotopic (exact) mass is 257 g/mol. The van der Waals surface area contributed by atoms with Gasteiger partial charge in [-0.2, -0.15) is 0 Å². The zero-order chi connectivity index (χ0) is 10.6. The summed E-state index contributed by atoms with van der Waals surface area (Å²) in [5, 5.41) is 8.85. The summed E-state index contributed by atoms with van der Waals surface area (Å²) >= 11 is -1.03. The molecule has 1 heterocycles. The predicted octanol–water partition coefficient (Wildman–Crippen LogP) is 1.27. The van der Waals surface area contributed by atoms with Gasteiger partial charge in [-0.3, -0.25) is 8.93 Å². The number of anilines is 1. The topological polar surface area (TPSA) is 77.9 Å². The van der Waals surface area contributed by atoms with E-state index in [9.17, 15) is 8.76 Å². The molecule has 15 heavy (non-hydrogen) atoms. The molecule has 0 fully saturated rings. The van der Waals surface area contributed by atoms with Gasteiger partial charge in [-0.25, -0.2) is 0 Å². The van der Waals surface area contributed by atoms with E-state index in [1.165, 1.54) is 11.3 Å². The summed E-state index contributed by atoms with van der Waals surface area (Å²) in [7, 11) is 0. The molecule has 0 amide bonds. The Labute approximate surface area is 118 Å². The van der Waals surface area contributed by atoms with E-state index in [-0.39, 0.29) is 29.6 Å². The van der Waals surface area contributed by atoms with Crippen molar-refractivity contribution in [1.29, 1.82) is 0 Å². The minimum atomic E-state index is -2.31. The molecular formula is C7H12N3NaO2S2-. The molecule has 0 aliphatic carbocycles. The van der Waals surface area contributed by atoms with Crippen molar-refractivity contribution in [3.05, 3.63) is 5.01 Å². The number of hydrogen-bond acceptors (Lipinski definition) is 5. The Bertz CT molecular complexity index is 321. The Morgan fingerprint density at radius 1 is 1.60 bits per heavy atom. The molecule has 0 saturated carbocycles. The average molecular weight is 257 g/mol. The molecule has 1 aromatic rings. The third kappa shape index (κ3) is 5.37. The summed E-state index contributed by atoms with van der Waals surface area (Å²) in [6, 6.07) is 0. The summed E-state index contributed by atoms with van der Waals surface area (Å²) in [4.78, 5) is 0. The van der Waals surface area contributed by atoms with Crippen LogP contribution in [-0.2, 0) is 11.3 Å². The van der Waals surface area contributed by atoms with Crippen molar-refractivity contribution in [2.75, 3.05) is 4.72 Å². The fourth-order valence-electron chi connectivity index (χ4n) is 1.10. The van der Waals surface area contributed by atoms with Crippen LogP contribution in [0.3, 0.4) is 0 Å². The molecule has 2 unspecified atom stereocenters. The molecule has 0 saturated heterocycles. The van der Waals surface area contributed by atoms with Crippen molar-refractivity contribution in [2.45, 2.75) is 32.6 Å². The molecule has 0 spiro atoms. The average Bonchev–Trinajstić information content (AvgIpc) is 2.52. The molecule has 0 aliphatic rings. The number of hydrogen-bond donors (Lipinski definition) is 1. The maximum Gasteiger partial charge on any atom is 0.216 e. The molecule has 1 N–H and O–H groups in total. The van der Waals surface area contributed by atoms with Crippen molar-refractivity contribution < 1.29 is 8.76 Å². The number of rotatable bonds is 5. The maximum absolute atomic E-state index is 10.3. The summed E-state index contributed by atoms with van der Waals surface area (Å²) in [6.07, 6.45) is 2.12. The molecule has 0 aliphatic heterocycles. The van der Waals surface area contributed by atoms with Gasteiger partial charge >= 0.3 is 0 Å². The van der Waals surface area contributed by atoms with Gasteiger partial charge in [-0.05, 0) is 6.42 Å². The first-order chi connectivity index (χ1) is 6.63. The Kier molecular flexibility index (Phi) is 7.94. The first-order valence-electron chi connectivity index (χ1n) is 4.32. The standard InChI is InChI=1S/C7H13N3O2S2.Na/c1-3-4-5(2)6-8-9-7(13-6)10-14(11)12;/h5H,3-4H2,1-2H3,(H,9,10)(H,11,12);/p-1. The van der Waals surface area contributed by atoms with Crippen molar-refractivity contribution in [3.63, 3.8) is 0 Å². The quantitative estimate of drug-likeness (QED) is 0.636. The second-order valence-electron chi connectivity index (χ2n) is 2.97. The molecule has 0 aromatic carbocycles. The third-order valence-electron chi connectivity index (χ3n) is 1.75. The van der Waals surface area contributed by atoms with E-state index in [2.05, 4.69) is 28.8 Å². The van der Waals surface area contributed by atoms with E-state index >= 15 is 0 Å². The van der Waals surface area contributed by atoms with Crippen LogP contribution in [0.25, 0.3) is 0 Å². The Morgan fingerprint density at radius 2 is 2.27 bits per heavy atom. The van der Waals surface area contributed by atoms with Gasteiger partial charge in [0.05, 0.1) is 0 Å². The second-order valence-corrected chi connectivity index (χ2v) is 4.65. The molecule has 1 radical (unpaired) electrons. The molecule has 1 aromatic heterocycles. The molecule has 81 valence electrons. The van der Waals surface area contributed by atoms with Gasteiger partial charge < -0.3 is 4.55 Å². The van der Waals surface area contributed by atoms with Crippen LogP contribution in [0, 0.1) is 0 Å². The molecule has 0 bridgehead atoms. The summed E-state index contributed by atoms with van der Waals surface area (Å²) in [5.41, 5.74) is 0. The Hall–Kier alpha value is 0.470. The Balaban J connectivity index is 0.00000196. The van der Waals surface area contributed by atoms with Crippen LogP contribution >= 0.6 is 11.3 Å². The fraction of sp³-hybridized carbons (Fsp3) is 0.714. The van der Waals surface area contributed by atoms with Gasteiger partial charge in [-0.1, -0.05) is 31.6 Å². The van der Waals surface area contributed by atoms with Crippen LogP contribution in [0.1, 0.15) is 37.6 Å². The molecule has 1 rings (SSSR count). The van der Waals surface area contributed by atoms with Crippen LogP contribution in [0.5, 0.6) is 0 Å². The minimum Gasteiger partial charge on any atom is -0.755 e. The van der Waals surface area contributed by atoms with Crippen molar-refractivity contribution >= 4 is 57.3 Å². The molecule has 8 heteroatoms. The number of aromatic nitrogens is 2. The fourth-order valence-corrected chi connectivity index (χ4v) is 2.34. The van der Waals surface area contributed by atoms with Gasteiger partial charge in [0, 0.05) is 46.7 Å². The Morgan fingerprint density at radius 3 is 2.80 bits per heavy atom. The van der Waals surface area contributed by atoms with Gasteiger partial charge in [-0.15, -0.1) is 10.2 Å².